The zero-order valence-electron chi connectivity index (χ0n) is 12.3. The molecule has 0 radical (unpaired) electrons. The molecule has 21 heavy (non-hydrogen) atoms. The first-order chi connectivity index (χ1) is 9.80. The smallest absolute Gasteiger partial charge is 0.310 e. The van der Waals surface area contributed by atoms with Gasteiger partial charge in [0, 0.05) is 29.6 Å². The van der Waals surface area contributed by atoms with Crippen LogP contribution in [-0.2, 0) is 0 Å². The molecule has 0 saturated carbocycles. The Labute approximate surface area is 132 Å². The molecule has 1 N–H and O–H groups in total. The fourth-order valence-electron chi connectivity index (χ4n) is 1.74. The molecular weight excluding hydrogens is 340 g/mol. The van der Waals surface area contributed by atoms with Gasteiger partial charge in [-0.1, -0.05) is 29.8 Å². The van der Waals surface area contributed by atoms with Gasteiger partial charge >= 0.3 is 5.69 Å². The molecule has 0 bridgehead atoms. The van der Waals surface area contributed by atoms with E-state index in [-0.39, 0.29) is 22.8 Å². The number of halogens is 1. The maximum atomic E-state index is 12.1. The number of benzene rings is 1. The number of methoxy groups -OCH3 is 1. The number of amides is 1. The van der Waals surface area contributed by atoms with Crippen LogP contribution in [0.4, 0.5) is 5.69 Å². The van der Waals surface area contributed by atoms with Crippen LogP contribution in [0.25, 0.3) is 0 Å². The Bertz CT molecular complexity index is 532. The number of hydrogen-bond donors (Lipinski definition) is 1. The van der Waals surface area contributed by atoms with Crippen molar-refractivity contribution in [3.63, 3.8) is 0 Å². The van der Waals surface area contributed by atoms with Crippen molar-refractivity contribution in [2.75, 3.05) is 19.0 Å². The predicted molar refractivity (Wildman–Crippen MR) is 84.2 cm³/mol. The number of carbonyl (C=O) groups excluding carboxylic acids is 1. The second-order valence-corrected chi connectivity index (χ2v) is 6.22. The molecule has 6 nitrogen and oxygen atoms in total. The van der Waals surface area contributed by atoms with Gasteiger partial charge in [0.25, 0.3) is 5.91 Å². The van der Waals surface area contributed by atoms with Crippen molar-refractivity contribution in [1.82, 2.24) is 5.32 Å². The van der Waals surface area contributed by atoms with Crippen LogP contribution in [0.3, 0.4) is 0 Å². The number of alkyl halides is 1. The minimum atomic E-state index is -0.542. The van der Waals surface area contributed by atoms with Gasteiger partial charge in [0.1, 0.15) is 0 Å². The Kier molecular flexibility index (Phi) is 6.14. The van der Waals surface area contributed by atoms with Crippen molar-refractivity contribution in [2.45, 2.75) is 20.3 Å². The van der Waals surface area contributed by atoms with Crippen LogP contribution < -0.4 is 10.1 Å². The lowest BCUT2D eigenvalue weighted by molar-refractivity contribution is -0.385. The molecule has 0 fully saturated rings. The molecule has 0 atom stereocenters. The number of hydrogen-bond acceptors (Lipinski definition) is 4. The minimum absolute atomic E-state index is 0.0238. The fraction of sp³-hybridized carbons (Fsp3) is 0.500. The molecule has 1 aromatic rings. The van der Waals surface area contributed by atoms with Crippen LogP contribution in [-0.4, -0.2) is 29.8 Å². The van der Waals surface area contributed by atoms with Crippen molar-refractivity contribution in [3.8, 4) is 5.75 Å². The quantitative estimate of drug-likeness (QED) is 0.461. The highest BCUT2D eigenvalue weighted by Gasteiger charge is 2.20. The summed E-state index contributed by atoms with van der Waals surface area (Å²) in [6.07, 6.45) is 0.927. The average molecular weight is 359 g/mol. The zero-order chi connectivity index (χ0) is 16.0. The number of rotatable bonds is 7. The first kappa shape index (κ1) is 17.4. The number of nitro groups is 1. The minimum Gasteiger partial charge on any atom is -0.490 e. The van der Waals surface area contributed by atoms with E-state index in [1.807, 2.05) is 0 Å². The lowest BCUT2D eigenvalue weighted by Gasteiger charge is -2.23. The maximum absolute atomic E-state index is 12.1. The van der Waals surface area contributed by atoms with Gasteiger partial charge in [0.05, 0.1) is 12.0 Å². The highest BCUT2D eigenvalue weighted by atomic mass is 79.9. The van der Waals surface area contributed by atoms with E-state index in [1.165, 1.54) is 25.3 Å². The van der Waals surface area contributed by atoms with E-state index in [1.54, 1.807) is 0 Å². The van der Waals surface area contributed by atoms with E-state index in [0.717, 1.165) is 11.8 Å². The van der Waals surface area contributed by atoms with Gasteiger partial charge in [0.15, 0.2) is 5.75 Å². The SMILES string of the molecule is COc1cc(C(=O)NCC(C)(C)CCBr)ccc1[N+](=O)[O-]. The molecule has 0 aliphatic rings. The summed E-state index contributed by atoms with van der Waals surface area (Å²) in [5, 5.41) is 14.5. The van der Waals surface area contributed by atoms with Crippen LogP contribution in [0.2, 0.25) is 0 Å². The van der Waals surface area contributed by atoms with Crippen molar-refractivity contribution >= 4 is 27.5 Å². The summed E-state index contributed by atoms with van der Waals surface area (Å²) in [6, 6.07) is 4.08. The normalized spacial score (nSPS) is 11.0. The van der Waals surface area contributed by atoms with Gasteiger partial charge in [-0.05, 0) is 17.9 Å². The zero-order valence-corrected chi connectivity index (χ0v) is 13.9. The average Bonchev–Trinajstić information content (AvgIpc) is 2.43. The van der Waals surface area contributed by atoms with Crippen LogP contribution in [0.15, 0.2) is 18.2 Å². The molecular formula is C14H19BrN2O4. The standard InChI is InChI=1S/C14H19BrN2O4/c1-14(2,6-7-15)9-16-13(18)10-4-5-11(17(19)20)12(8-10)21-3/h4-5,8H,6-7,9H2,1-3H3,(H,16,18). The Morgan fingerprint density at radius 3 is 2.67 bits per heavy atom. The first-order valence-corrected chi connectivity index (χ1v) is 7.59. The number of nitrogens with one attached hydrogen (secondary N) is 1. The molecule has 0 unspecified atom stereocenters. The second kappa shape index (κ2) is 7.40. The van der Waals surface area contributed by atoms with E-state index >= 15 is 0 Å². The molecule has 0 aliphatic carbocycles. The van der Waals surface area contributed by atoms with Crippen molar-refractivity contribution in [3.05, 3.63) is 33.9 Å². The summed E-state index contributed by atoms with van der Waals surface area (Å²) < 4.78 is 4.95. The lowest BCUT2D eigenvalue weighted by atomic mass is 9.90. The molecule has 7 heteroatoms. The van der Waals surface area contributed by atoms with E-state index < -0.39 is 4.92 Å². The van der Waals surface area contributed by atoms with Gasteiger partial charge in [-0.25, -0.2) is 0 Å². The topological polar surface area (TPSA) is 81.5 Å². The predicted octanol–water partition coefficient (Wildman–Crippen LogP) is 3.14. The third kappa shape index (κ3) is 5.00. The molecule has 0 heterocycles. The molecule has 116 valence electrons. The molecule has 0 saturated heterocycles. The lowest BCUT2D eigenvalue weighted by Crippen LogP contribution is -2.34. The summed E-state index contributed by atoms with van der Waals surface area (Å²) in [6.45, 7) is 4.65. The molecule has 1 aromatic carbocycles. The van der Waals surface area contributed by atoms with Crippen LogP contribution in [0.5, 0.6) is 5.75 Å². The summed E-state index contributed by atoms with van der Waals surface area (Å²) in [7, 11) is 1.34. The Morgan fingerprint density at radius 2 is 2.14 bits per heavy atom. The van der Waals surface area contributed by atoms with E-state index in [4.69, 9.17) is 4.74 Å². The third-order valence-corrected chi connectivity index (χ3v) is 3.53. The molecule has 1 amide bonds. The second-order valence-electron chi connectivity index (χ2n) is 5.43. The van der Waals surface area contributed by atoms with Gasteiger partial charge in [-0.3, -0.25) is 14.9 Å². The highest BCUT2D eigenvalue weighted by molar-refractivity contribution is 9.09. The van der Waals surface area contributed by atoms with E-state index in [0.29, 0.717) is 12.1 Å². The summed E-state index contributed by atoms with van der Waals surface area (Å²) in [5.41, 5.74) is 0.157. The molecule has 0 aliphatic heterocycles. The van der Waals surface area contributed by atoms with Crippen LogP contribution in [0.1, 0.15) is 30.6 Å². The van der Waals surface area contributed by atoms with Gasteiger partial charge in [0.2, 0.25) is 0 Å². The van der Waals surface area contributed by atoms with Crippen LogP contribution in [0, 0.1) is 15.5 Å². The maximum Gasteiger partial charge on any atom is 0.310 e. The van der Waals surface area contributed by atoms with Crippen molar-refractivity contribution in [2.24, 2.45) is 5.41 Å². The van der Waals surface area contributed by atoms with Gasteiger partial charge in [-0.15, -0.1) is 0 Å². The largest absolute Gasteiger partial charge is 0.490 e. The molecule has 0 spiro atoms. The Morgan fingerprint density at radius 1 is 1.48 bits per heavy atom. The number of nitrogens with zero attached hydrogens (tertiary/aromatic N) is 1. The first-order valence-electron chi connectivity index (χ1n) is 6.47. The number of carbonyl (C=O) groups is 1. The summed E-state index contributed by atoms with van der Waals surface area (Å²) in [5.74, 6) is -0.196. The van der Waals surface area contributed by atoms with Gasteiger partial charge < -0.3 is 10.1 Å². The third-order valence-electron chi connectivity index (χ3n) is 3.14. The van der Waals surface area contributed by atoms with Crippen molar-refractivity contribution < 1.29 is 14.5 Å². The highest BCUT2D eigenvalue weighted by Crippen LogP contribution is 2.27. The Hall–Kier alpha value is -1.63. The summed E-state index contributed by atoms with van der Waals surface area (Å²) >= 11 is 3.38. The fourth-order valence-corrected chi connectivity index (χ4v) is 2.81. The number of nitro benzene ring substituents is 1. The van der Waals surface area contributed by atoms with Crippen molar-refractivity contribution in [1.29, 1.82) is 0 Å². The van der Waals surface area contributed by atoms with E-state index in [2.05, 4.69) is 35.1 Å². The Balaban J connectivity index is 2.82. The number of ether oxygens (including phenoxy) is 1. The summed E-state index contributed by atoms with van der Waals surface area (Å²) in [4.78, 5) is 22.4. The monoisotopic (exact) mass is 358 g/mol. The van der Waals surface area contributed by atoms with Gasteiger partial charge in [-0.2, -0.15) is 0 Å². The van der Waals surface area contributed by atoms with Crippen LogP contribution >= 0.6 is 15.9 Å². The molecule has 0 aromatic heterocycles. The van der Waals surface area contributed by atoms with E-state index in [9.17, 15) is 14.9 Å². The molecule has 1 rings (SSSR count).